The number of nitrogens with zero attached hydrogens (tertiary/aromatic N) is 2. The number of rotatable bonds is 5. The van der Waals surface area contributed by atoms with Crippen molar-refractivity contribution in [2.24, 2.45) is 5.73 Å². The van der Waals surface area contributed by atoms with Gasteiger partial charge in [0.05, 0.1) is 4.92 Å². The van der Waals surface area contributed by atoms with Crippen LogP contribution in [-0.2, 0) is 17.8 Å². The Kier molecular flexibility index (Phi) is 5.14. The second kappa shape index (κ2) is 7.30. The molecule has 1 aromatic rings. The van der Waals surface area contributed by atoms with Crippen LogP contribution in [0.1, 0.15) is 61.1 Å². The lowest BCUT2D eigenvalue weighted by molar-refractivity contribution is -0.385. The van der Waals surface area contributed by atoms with E-state index >= 15 is 0 Å². The van der Waals surface area contributed by atoms with Crippen molar-refractivity contribution in [2.75, 3.05) is 13.1 Å². The summed E-state index contributed by atoms with van der Waals surface area (Å²) >= 11 is 0. The zero-order chi connectivity index (χ0) is 17.1. The second-order valence-electron chi connectivity index (χ2n) is 7.03. The van der Waals surface area contributed by atoms with Gasteiger partial charge in [0.1, 0.15) is 0 Å². The van der Waals surface area contributed by atoms with Crippen LogP contribution in [-0.4, -0.2) is 28.8 Å². The van der Waals surface area contributed by atoms with Crippen molar-refractivity contribution in [3.8, 4) is 0 Å². The monoisotopic (exact) mass is 331 g/mol. The molecule has 1 aliphatic carbocycles. The predicted molar refractivity (Wildman–Crippen MR) is 91.7 cm³/mol. The van der Waals surface area contributed by atoms with E-state index in [0.717, 1.165) is 49.0 Å². The Morgan fingerprint density at radius 2 is 2.00 bits per heavy atom. The minimum Gasteiger partial charge on any atom is -0.370 e. The Labute approximate surface area is 142 Å². The van der Waals surface area contributed by atoms with Crippen molar-refractivity contribution in [1.82, 2.24) is 4.90 Å². The first kappa shape index (κ1) is 16.9. The lowest BCUT2D eigenvalue weighted by Crippen LogP contribution is -2.29. The number of nitrogens with two attached hydrogens (primary N) is 1. The van der Waals surface area contributed by atoms with Crippen molar-refractivity contribution >= 4 is 11.6 Å². The minimum absolute atomic E-state index is 0.0222. The molecule has 0 bridgehead atoms. The highest BCUT2D eigenvalue weighted by molar-refractivity contribution is 5.75. The summed E-state index contributed by atoms with van der Waals surface area (Å²) in [5, 5.41) is 11.6. The van der Waals surface area contributed by atoms with Crippen LogP contribution in [0.2, 0.25) is 0 Å². The van der Waals surface area contributed by atoms with Crippen molar-refractivity contribution in [3.63, 3.8) is 0 Å². The molecule has 1 aliphatic heterocycles. The van der Waals surface area contributed by atoms with Gasteiger partial charge >= 0.3 is 0 Å². The third-order valence-corrected chi connectivity index (χ3v) is 5.27. The number of aryl methyl sites for hydroxylation is 1. The standard InChI is InChI=1S/C18H25N3O3/c19-18(22)10-14-6-4-5-13-9-15(12-20-7-2-1-3-8-20)17(21(23)24)11-16(13)14/h9,11,14H,1-8,10,12H2,(H2,19,22)/t14-/m1/s1. The summed E-state index contributed by atoms with van der Waals surface area (Å²) in [5.74, 6) is -0.318. The SMILES string of the molecule is NC(=O)C[C@H]1CCCc2cc(CN3CCCCC3)c([N+](=O)[O-])cc21. The Bertz CT molecular complexity index is 639. The fraction of sp³-hybridized carbons (Fsp3) is 0.611. The molecule has 6 nitrogen and oxygen atoms in total. The van der Waals surface area contributed by atoms with Gasteiger partial charge in [-0.2, -0.15) is 0 Å². The predicted octanol–water partition coefficient (Wildman–Crippen LogP) is 2.88. The molecule has 0 saturated carbocycles. The molecule has 6 heteroatoms. The maximum absolute atomic E-state index is 11.6. The molecule has 130 valence electrons. The fourth-order valence-corrected chi connectivity index (χ4v) is 4.10. The molecule has 0 unspecified atom stereocenters. The first-order valence-corrected chi connectivity index (χ1v) is 8.85. The van der Waals surface area contributed by atoms with Gasteiger partial charge in [0.2, 0.25) is 5.91 Å². The lowest BCUT2D eigenvalue weighted by Gasteiger charge is -2.28. The highest BCUT2D eigenvalue weighted by Crippen LogP contribution is 2.38. The zero-order valence-electron chi connectivity index (χ0n) is 14.0. The van der Waals surface area contributed by atoms with Crippen LogP contribution in [0.3, 0.4) is 0 Å². The molecule has 1 heterocycles. The van der Waals surface area contributed by atoms with Crippen molar-refractivity contribution in [3.05, 3.63) is 38.9 Å². The van der Waals surface area contributed by atoms with Crippen molar-refractivity contribution in [1.29, 1.82) is 0 Å². The van der Waals surface area contributed by atoms with Gasteiger partial charge in [0.15, 0.2) is 0 Å². The summed E-state index contributed by atoms with van der Waals surface area (Å²) in [6.07, 6.45) is 6.66. The molecule has 2 aliphatic rings. The topological polar surface area (TPSA) is 89.5 Å². The molecule has 1 amide bonds. The van der Waals surface area contributed by atoms with E-state index in [-0.39, 0.29) is 28.9 Å². The normalized spacial score (nSPS) is 21.2. The average Bonchev–Trinajstić information content (AvgIpc) is 2.55. The van der Waals surface area contributed by atoms with Crippen LogP contribution in [0.4, 0.5) is 5.69 Å². The minimum atomic E-state index is -0.340. The van der Waals surface area contributed by atoms with Gasteiger partial charge in [0, 0.05) is 24.6 Å². The maximum atomic E-state index is 11.6. The average molecular weight is 331 g/mol. The summed E-state index contributed by atoms with van der Waals surface area (Å²) in [4.78, 5) is 24.9. The van der Waals surface area contributed by atoms with Crippen LogP contribution in [0.25, 0.3) is 0 Å². The summed E-state index contributed by atoms with van der Waals surface area (Å²) in [6.45, 7) is 2.67. The molecule has 2 N–H and O–H groups in total. The summed E-state index contributed by atoms with van der Waals surface area (Å²) < 4.78 is 0. The van der Waals surface area contributed by atoms with Gasteiger partial charge in [-0.05, 0) is 68.3 Å². The first-order valence-electron chi connectivity index (χ1n) is 8.85. The van der Waals surface area contributed by atoms with Crippen molar-refractivity contribution < 1.29 is 9.72 Å². The highest BCUT2D eigenvalue weighted by Gasteiger charge is 2.27. The third-order valence-electron chi connectivity index (χ3n) is 5.27. The van der Waals surface area contributed by atoms with Crippen LogP contribution < -0.4 is 5.73 Å². The van der Waals surface area contributed by atoms with E-state index in [1.165, 1.54) is 19.3 Å². The third kappa shape index (κ3) is 3.75. The number of carbonyl (C=O) groups excluding carboxylic acids is 1. The van der Waals surface area contributed by atoms with Crippen LogP contribution in [0.5, 0.6) is 0 Å². The van der Waals surface area contributed by atoms with Crippen LogP contribution in [0, 0.1) is 10.1 Å². The first-order chi connectivity index (χ1) is 11.5. The molecule has 1 atom stereocenters. The smallest absolute Gasteiger partial charge is 0.274 e. The number of primary amides is 1. The summed E-state index contributed by atoms with van der Waals surface area (Å²) in [6, 6.07) is 3.72. The van der Waals surface area contributed by atoms with Gasteiger partial charge < -0.3 is 5.73 Å². The quantitative estimate of drug-likeness (QED) is 0.663. The Morgan fingerprint density at radius 1 is 1.25 bits per heavy atom. The van der Waals surface area contributed by atoms with Crippen LogP contribution in [0.15, 0.2) is 12.1 Å². The van der Waals surface area contributed by atoms with E-state index in [4.69, 9.17) is 5.73 Å². The molecule has 24 heavy (non-hydrogen) atoms. The molecule has 0 spiro atoms. The molecule has 0 aromatic heterocycles. The number of hydrogen-bond acceptors (Lipinski definition) is 4. The fourth-order valence-electron chi connectivity index (χ4n) is 4.10. The van der Waals surface area contributed by atoms with E-state index in [2.05, 4.69) is 4.90 Å². The number of fused-ring (bicyclic) bond motifs is 1. The highest BCUT2D eigenvalue weighted by atomic mass is 16.6. The number of nitro benzene ring substituents is 1. The van der Waals surface area contributed by atoms with E-state index in [1.54, 1.807) is 6.07 Å². The molecule has 1 fully saturated rings. The number of piperidine rings is 1. The maximum Gasteiger partial charge on any atom is 0.274 e. The Hall–Kier alpha value is -1.95. The summed E-state index contributed by atoms with van der Waals surface area (Å²) in [5.41, 5.74) is 8.46. The zero-order valence-corrected chi connectivity index (χ0v) is 14.0. The largest absolute Gasteiger partial charge is 0.370 e. The molecule has 1 aromatic carbocycles. The number of carbonyl (C=O) groups is 1. The lowest BCUT2D eigenvalue weighted by atomic mass is 9.80. The van der Waals surface area contributed by atoms with Crippen molar-refractivity contribution in [2.45, 2.75) is 57.4 Å². The molecule has 1 saturated heterocycles. The number of nitro groups is 1. The Balaban J connectivity index is 1.92. The van der Waals surface area contributed by atoms with Gasteiger partial charge in [-0.1, -0.05) is 6.42 Å². The number of amides is 1. The molecule has 0 radical (unpaired) electrons. The van der Waals surface area contributed by atoms with Gasteiger partial charge in [0.25, 0.3) is 5.69 Å². The number of benzene rings is 1. The van der Waals surface area contributed by atoms with Gasteiger partial charge in [-0.3, -0.25) is 19.8 Å². The molecular weight excluding hydrogens is 306 g/mol. The van der Waals surface area contributed by atoms with Gasteiger partial charge in [-0.25, -0.2) is 0 Å². The van der Waals surface area contributed by atoms with E-state index in [0.29, 0.717) is 6.54 Å². The summed E-state index contributed by atoms with van der Waals surface area (Å²) in [7, 11) is 0. The number of hydrogen-bond donors (Lipinski definition) is 1. The van der Waals surface area contributed by atoms with Crippen LogP contribution >= 0.6 is 0 Å². The molecular formula is C18H25N3O3. The Morgan fingerprint density at radius 3 is 2.67 bits per heavy atom. The molecule has 3 rings (SSSR count). The van der Waals surface area contributed by atoms with E-state index in [9.17, 15) is 14.9 Å². The van der Waals surface area contributed by atoms with E-state index < -0.39 is 0 Å². The second-order valence-corrected chi connectivity index (χ2v) is 7.03. The van der Waals surface area contributed by atoms with Gasteiger partial charge in [-0.15, -0.1) is 0 Å². The number of likely N-dealkylation sites (tertiary alicyclic amines) is 1. The van der Waals surface area contributed by atoms with E-state index in [1.807, 2.05) is 6.07 Å².